The molecule has 198 valence electrons. The van der Waals surface area contributed by atoms with Crippen LogP contribution < -0.4 is 0 Å². The van der Waals surface area contributed by atoms with Crippen LogP contribution in [0.5, 0.6) is 0 Å². The fourth-order valence-corrected chi connectivity index (χ4v) is 6.48. The fourth-order valence-electron chi connectivity index (χ4n) is 4.18. The lowest BCUT2D eigenvalue weighted by Gasteiger charge is -2.30. The second-order valence-corrected chi connectivity index (χ2v) is 13.7. The number of rotatable bonds is 10. The summed E-state index contributed by atoms with van der Waals surface area (Å²) < 4.78 is 23.1. The Morgan fingerprint density at radius 1 is 1.14 bits per heavy atom. The first-order valence-corrected chi connectivity index (χ1v) is 14.9. The first-order chi connectivity index (χ1) is 16.3. The highest BCUT2D eigenvalue weighted by Gasteiger charge is 2.29. The normalized spacial score (nSPS) is 17.3. The van der Waals surface area contributed by atoms with E-state index < -0.39 is 37.7 Å². The Hall–Kier alpha value is -1.27. The molecule has 1 fully saturated rings. The van der Waals surface area contributed by atoms with Gasteiger partial charge in [0.25, 0.3) is 0 Å². The highest BCUT2D eigenvalue weighted by molar-refractivity contribution is 7.58. The van der Waals surface area contributed by atoms with E-state index in [-0.39, 0.29) is 12.7 Å². The molecule has 0 spiro atoms. The first-order valence-electron chi connectivity index (χ1n) is 12.2. The summed E-state index contributed by atoms with van der Waals surface area (Å²) in [5.74, 6) is -0.188. The predicted octanol–water partition coefficient (Wildman–Crippen LogP) is 7.28. The van der Waals surface area contributed by atoms with Crippen molar-refractivity contribution >= 4 is 42.6 Å². The van der Waals surface area contributed by atoms with E-state index in [0.29, 0.717) is 28.5 Å². The molecular weight excluding hydrogens is 512 g/mol. The van der Waals surface area contributed by atoms with E-state index in [1.54, 1.807) is 39.0 Å². The van der Waals surface area contributed by atoms with Crippen molar-refractivity contribution < 1.29 is 28.5 Å². The van der Waals surface area contributed by atoms with Gasteiger partial charge in [0.15, 0.2) is 0 Å². The molecule has 7 nitrogen and oxygen atoms in total. The molecule has 1 amide bonds. The van der Waals surface area contributed by atoms with Gasteiger partial charge in [-0.2, -0.15) is 0 Å². The summed E-state index contributed by atoms with van der Waals surface area (Å²) in [6, 6.07) is 4.64. The molecule has 1 aliphatic rings. The van der Waals surface area contributed by atoms with Crippen molar-refractivity contribution in [1.82, 2.24) is 4.90 Å². The van der Waals surface area contributed by atoms with E-state index >= 15 is 0 Å². The molecule has 1 N–H and O–H groups in total. The topological polar surface area (TPSA) is 93.1 Å². The summed E-state index contributed by atoms with van der Waals surface area (Å²) >= 11 is 12.2. The number of esters is 1. The van der Waals surface area contributed by atoms with Crippen molar-refractivity contribution in [2.45, 2.75) is 72.3 Å². The molecule has 35 heavy (non-hydrogen) atoms. The summed E-state index contributed by atoms with van der Waals surface area (Å²) in [7, 11) is -3.30. The van der Waals surface area contributed by atoms with Gasteiger partial charge in [-0.1, -0.05) is 48.5 Å². The van der Waals surface area contributed by atoms with Crippen LogP contribution in [-0.4, -0.2) is 47.5 Å². The molecule has 0 aliphatic heterocycles. The van der Waals surface area contributed by atoms with E-state index in [2.05, 4.69) is 0 Å². The predicted molar refractivity (Wildman–Crippen MR) is 139 cm³/mol. The number of benzene rings is 1. The Morgan fingerprint density at radius 3 is 2.40 bits per heavy atom. The Kier molecular flexibility index (Phi) is 11.4. The summed E-state index contributed by atoms with van der Waals surface area (Å²) in [5.41, 5.74) is 0.0116. The summed E-state index contributed by atoms with van der Waals surface area (Å²) in [6.45, 7) is 6.61. The summed E-state index contributed by atoms with van der Waals surface area (Å²) in [5, 5.41) is 0.755. The quantitative estimate of drug-likeness (QED) is 0.187. The lowest BCUT2D eigenvalue weighted by Crippen LogP contribution is -2.36. The van der Waals surface area contributed by atoms with Crippen LogP contribution in [0.25, 0.3) is 0 Å². The van der Waals surface area contributed by atoms with Crippen LogP contribution in [-0.2, 0) is 18.8 Å². The molecule has 0 aromatic heterocycles. The Morgan fingerprint density at radius 2 is 1.80 bits per heavy atom. The van der Waals surface area contributed by atoms with Crippen LogP contribution >= 0.6 is 30.6 Å². The van der Waals surface area contributed by atoms with Gasteiger partial charge < -0.3 is 19.3 Å². The van der Waals surface area contributed by atoms with E-state index in [4.69, 9.17) is 32.7 Å². The average molecular weight is 550 g/mol. The van der Waals surface area contributed by atoms with Gasteiger partial charge in [-0.25, -0.2) is 4.79 Å². The molecule has 2 atom stereocenters. The molecule has 1 aromatic carbocycles. The third kappa shape index (κ3) is 9.95. The van der Waals surface area contributed by atoms with Crippen LogP contribution in [0.4, 0.5) is 4.79 Å². The molecule has 10 heteroatoms. The number of nitrogens with zero attached hydrogens (tertiary/aromatic N) is 1. The SMILES string of the molecule is C[C@@H](c1ccc(Cl)c(Cl)c1)N(CCCP(=O)(O)CC1CCCCC1)C(=O)OCOC(=O)C(C)(C)C. The molecule has 2 rings (SSSR count). The first kappa shape index (κ1) is 30.0. The van der Waals surface area contributed by atoms with E-state index in [1.165, 1.54) is 11.3 Å². The fraction of sp³-hybridized carbons (Fsp3) is 0.680. The zero-order valence-electron chi connectivity index (χ0n) is 21.1. The van der Waals surface area contributed by atoms with Crippen LogP contribution in [0, 0.1) is 11.3 Å². The van der Waals surface area contributed by atoms with Crippen LogP contribution in [0.15, 0.2) is 18.2 Å². The van der Waals surface area contributed by atoms with Gasteiger partial charge in [0.2, 0.25) is 14.2 Å². The van der Waals surface area contributed by atoms with Gasteiger partial charge >= 0.3 is 12.1 Å². The Bertz CT molecular complexity index is 914. The van der Waals surface area contributed by atoms with Crippen LogP contribution in [0.1, 0.15) is 77.8 Å². The van der Waals surface area contributed by atoms with E-state index in [1.807, 2.05) is 6.92 Å². The molecule has 0 heterocycles. The minimum atomic E-state index is -3.30. The van der Waals surface area contributed by atoms with Gasteiger partial charge in [0, 0.05) is 18.9 Å². The number of hydrogen-bond acceptors (Lipinski definition) is 5. The zero-order valence-corrected chi connectivity index (χ0v) is 23.5. The second-order valence-electron chi connectivity index (χ2n) is 10.4. The lowest BCUT2D eigenvalue weighted by atomic mass is 9.91. The second kappa shape index (κ2) is 13.3. The largest absolute Gasteiger partial charge is 0.427 e. The number of hydrogen-bond donors (Lipinski definition) is 1. The number of amides is 1. The van der Waals surface area contributed by atoms with Crippen molar-refractivity contribution in [3.63, 3.8) is 0 Å². The molecule has 0 bridgehead atoms. The number of carbonyl (C=O) groups is 2. The van der Waals surface area contributed by atoms with Gasteiger partial charge in [0.05, 0.1) is 21.5 Å². The molecule has 0 saturated heterocycles. The monoisotopic (exact) mass is 549 g/mol. The van der Waals surface area contributed by atoms with Crippen molar-refractivity contribution in [2.24, 2.45) is 11.3 Å². The van der Waals surface area contributed by atoms with Gasteiger partial charge in [-0.3, -0.25) is 9.36 Å². The molecule has 1 aromatic rings. The van der Waals surface area contributed by atoms with Gasteiger partial charge in [-0.05, 0) is 70.6 Å². The number of carbonyl (C=O) groups excluding carboxylic acids is 2. The van der Waals surface area contributed by atoms with Crippen LogP contribution in [0.3, 0.4) is 0 Å². The van der Waals surface area contributed by atoms with Crippen molar-refractivity contribution in [3.05, 3.63) is 33.8 Å². The van der Waals surface area contributed by atoms with Gasteiger partial charge in [-0.15, -0.1) is 0 Å². The highest BCUT2D eigenvalue weighted by Crippen LogP contribution is 2.46. The molecule has 1 unspecified atom stereocenters. The summed E-state index contributed by atoms with van der Waals surface area (Å²) in [6.07, 6.45) is 5.55. The molecular formula is C25H38Cl2NO6P. The van der Waals surface area contributed by atoms with Crippen molar-refractivity contribution in [2.75, 3.05) is 25.7 Å². The van der Waals surface area contributed by atoms with Crippen LogP contribution in [0.2, 0.25) is 10.0 Å². The molecule has 1 saturated carbocycles. The maximum Gasteiger partial charge on any atom is 0.413 e. The smallest absolute Gasteiger partial charge is 0.413 e. The Labute approximate surface area is 218 Å². The van der Waals surface area contributed by atoms with E-state index in [0.717, 1.165) is 31.2 Å². The van der Waals surface area contributed by atoms with E-state index in [9.17, 15) is 19.0 Å². The maximum atomic E-state index is 12.9. The zero-order chi connectivity index (χ0) is 26.2. The van der Waals surface area contributed by atoms with Gasteiger partial charge in [0.1, 0.15) is 0 Å². The standard InChI is InChI=1S/C25H38Cl2NO6P/c1-18(20-11-12-21(26)22(27)15-20)28(24(30)34-17-33-23(29)25(2,3)4)13-8-14-35(31,32)16-19-9-6-5-7-10-19/h11-12,15,18-19H,5-10,13-14,16-17H2,1-4H3,(H,31,32)/t18-/m0/s1. The third-order valence-corrected chi connectivity index (χ3v) is 9.13. The third-order valence-electron chi connectivity index (χ3n) is 6.29. The molecule has 1 aliphatic carbocycles. The van der Waals surface area contributed by atoms with Crippen molar-refractivity contribution in [3.8, 4) is 0 Å². The Balaban J connectivity index is 2.04. The summed E-state index contributed by atoms with van der Waals surface area (Å²) in [4.78, 5) is 36.9. The number of halogens is 2. The minimum Gasteiger partial charge on any atom is -0.427 e. The van der Waals surface area contributed by atoms with Crippen molar-refractivity contribution in [1.29, 1.82) is 0 Å². The molecule has 0 radical (unpaired) electrons. The lowest BCUT2D eigenvalue weighted by molar-refractivity contribution is -0.162. The maximum absolute atomic E-state index is 12.9. The number of ether oxygens (including phenoxy) is 2. The minimum absolute atomic E-state index is 0.125. The average Bonchev–Trinajstić information content (AvgIpc) is 2.77. The highest BCUT2D eigenvalue weighted by atomic mass is 35.5.